The standard InChI is InChI=1S/C16H12ClNO3/c1-9-2-4-10(5-3-9)16(20)11-6-14-13(7-12(11)17)18-15(19)8-21-14/h2-7H,8H2,1H3,(H,18,19). The van der Waals surface area contributed by atoms with E-state index in [9.17, 15) is 9.59 Å². The van der Waals surface area contributed by atoms with E-state index in [0.29, 0.717) is 22.6 Å². The summed E-state index contributed by atoms with van der Waals surface area (Å²) in [6, 6.07) is 10.4. The number of anilines is 1. The number of amides is 1. The number of aryl methyl sites for hydroxylation is 1. The fourth-order valence-corrected chi connectivity index (χ4v) is 2.38. The van der Waals surface area contributed by atoms with Gasteiger partial charge in [0.05, 0.1) is 10.7 Å². The number of nitrogens with one attached hydrogen (secondary N) is 1. The van der Waals surface area contributed by atoms with Crippen molar-refractivity contribution in [2.45, 2.75) is 6.92 Å². The predicted molar refractivity (Wildman–Crippen MR) is 80.2 cm³/mol. The SMILES string of the molecule is Cc1ccc(C(=O)c2cc3c(cc2Cl)NC(=O)CO3)cc1. The fraction of sp³-hybridized carbons (Fsp3) is 0.125. The molecule has 21 heavy (non-hydrogen) atoms. The molecule has 5 heteroatoms. The molecule has 0 saturated heterocycles. The van der Waals surface area contributed by atoms with Crippen molar-refractivity contribution in [2.24, 2.45) is 0 Å². The molecule has 1 amide bonds. The number of carbonyl (C=O) groups excluding carboxylic acids is 2. The van der Waals surface area contributed by atoms with Gasteiger partial charge in [-0.25, -0.2) is 0 Å². The highest BCUT2D eigenvalue weighted by Crippen LogP contribution is 2.34. The lowest BCUT2D eigenvalue weighted by molar-refractivity contribution is -0.118. The molecule has 0 radical (unpaired) electrons. The van der Waals surface area contributed by atoms with Crippen molar-refractivity contribution in [3.05, 3.63) is 58.1 Å². The average molecular weight is 302 g/mol. The molecule has 0 fully saturated rings. The lowest BCUT2D eigenvalue weighted by Gasteiger charge is -2.19. The molecular weight excluding hydrogens is 290 g/mol. The molecular formula is C16H12ClNO3. The summed E-state index contributed by atoms with van der Waals surface area (Å²) in [6.45, 7) is 1.89. The number of fused-ring (bicyclic) bond motifs is 1. The van der Waals surface area contributed by atoms with Gasteiger partial charge < -0.3 is 10.1 Å². The Labute approximate surface area is 126 Å². The monoisotopic (exact) mass is 301 g/mol. The number of hydrogen-bond donors (Lipinski definition) is 1. The van der Waals surface area contributed by atoms with Crippen LogP contribution in [0.4, 0.5) is 5.69 Å². The van der Waals surface area contributed by atoms with Crippen LogP contribution >= 0.6 is 11.6 Å². The van der Waals surface area contributed by atoms with Gasteiger partial charge in [-0.3, -0.25) is 9.59 Å². The van der Waals surface area contributed by atoms with Gasteiger partial charge in [0, 0.05) is 11.1 Å². The first-order valence-electron chi connectivity index (χ1n) is 6.42. The zero-order valence-corrected chi connectivity index (χ0v) is 12.0. The van der Waals surface area contributed by atoms with Crippen molar-refractivity contribution >= 4 is 29.0 Å². The van der Waals surface area contributed by atoms with Crippen molar-refractivity contribution in [1.82, 2.24) is 0 Å². The first-order chi connectivity index (χ1) is 10.0. The first kappa shape index (κ1) is 13.6. The van der Waals surface area contributed by atoms with Gasteiger partial charge in [-0.15, -0.1) is 0 Å². The molecule has 1 aliphatic heterocycles. The Morgan fingerprint density at radius 1 is 1.24 bits per heavy atom. The largest absolute Gasteiger partial charge is 0.482 e. The van der Waals surface area contributed by atoms with E-state index in [4.69, 9.17) is 16.3 Å². The average Bonchev–Trinajstić information content (AvgIpc) is 2.46. The molecule has 0 aromatic heterocycles. The van der Waals surface area contributed by atoms with Crippen molar-refractivity contribution < 1.29 is 14.3 Å². The fourth-order valence-electron chi connectivity index (χ4n) is 2.13. The number of rotatable bonds is 2. The Kier molecular flexibility index (Phi) is 3.39. The maximum absolute atomic E-state index is 12.5. The number of hydrogen-bond acceptors (Lipinski definition) is 3. The van der Waals surface area contributed by atoms with Crippen LogP contribution in [-0.2, 0) is 4.79 Å². The van der Waals surface area contributed by atoms with Crippen molar-refractivity contribution in [2.75, 3.05) is 11.9 Å². The van der Waals surface area contributed by atoms with Gasteiger partial charge in [-0.1, -0.05) is 41.4 Å². The topological polar surface area (TPSA) is 55.4 Å². The lowest BCUT2D eigenvalue weighted by Crippen LogP contribution is -2.25. The quantitative estimate of drug-likeness (QED) is 0.867. The van der Waals surface area contributed by atoms with Crippen LogP contribution in [0.1, 0.15) is 21.5 Å². The molecule has 2 aromatic carbocycles. The summed E-state index contributed by atoms with van der Waals surface area (Å²) in [5.74, 6) is 0.0361. The Bertz CT molecular complexity index is 738. The van der Waals surface area contributed by atoms with Crippen LogP contribution < -0.4 is 10.1 Å². The Morgan fingerprint density at radius 3 is 2.67 bits per heavy atom. The third-order valence-electron chi connectivity index (χ3n) is 3.26. The molecule has 1 aliphatic rings. The zero-order chi connectivity index (χ0) is 15.0. The summed E-state index contributed by atoms with van der Waals surface area (Å²) in [7, 11) is 0. The van der Waals surface area contributed by atoms with E-state index in [1.54, 1.807) is 18.2 Å². The van der Waals surface area contributed by atoms with Gasteiger partial charge in [-0.05, 0) is 19.1 Å². The molecule has 3 rings (SSSR count). The van der Waals surface area contributed by atoms with Crippen molar-refractivity contribution in [3.63, 3.8) is 0 Å². The Balaban J connectivity index is 2.01. The van der Waals surface area contributed by atoms with Gasteiger partial charge in [0.1, 0.15) is 5.75 Å². The van der Waals surface area contributed by atoms with E-state index in [1.807, 2.05) is 19.1 Å². The molecule has 0 aliphatic carbocycles. The van der Waals surface area contributed by atoms with E-state index < -0.39 is 0 Å². The highest BCUT2D eigenvalue weighted by molar-refractivity contribution is 6.35. The smallest absolute Gasteiger partial charge is 0.262 e. The first-order valence-corrected chi connectivity index (χ1v) is 6.80. The minimum absolute atomic E-state index is 0.0627. The minimum Gasteiger partial charge on any atom is -0.482 e. The minimum atomic E-state index is -0.240. The third-order valence-corrected chi connectivity index (χ3v) is 3.57. The maximum atomic E-state index is 12.5. The highest BCUT2D eigenvalue weighted by Gasteiger charge is 2.21. The van der Waals surface area contributed by atoms with E-state index >= 15 is 0 Å². The zero-order valence-electron chi connectivity index (χ0n) is 11.3. The molecule has 0 bridgehead atoms. The number of ketones is 1. The summed E-state index contributed by atoms with van der Waals surface area (Å²) >= 11 is 6.16. The van der Waals surface area contributed by atoms with E-state index in [2.05, 4.69) is 5.32 Å². The molecule has 2 aromatic rings. The molecule has 1 N–H and O–H groups in total. The third kappa shape index (κ3) is 2.62. The molecule has 4 nitrogen and oxygen atoms in total. The van der Waals surface area contributed by atoms with E-state index in [1.165, 1.54) is 6.07 Å². The maximum Gasteiger partial charge on any atom is 0.262 e. The number of halogens is 1. The van der Waals surface area contributed by atoms with E-state index in [-0.39, 0.29) is 23.3 Å². The van der Waals surface area contributed by atoms with E-state index in [0.717, 1.165) is 5.56 Å². The van der Waals surface area contributed by atoms with Gasteiger partial charge in [0.2, 0.25) is 0 Å². The van der Waals surface area contributed by atoms with Gasteiger partial charge in [-0.2, -0.15) is 0 Å². The summed E-state index contributed by atoms with van der Waals surface area (Å²) in [5, 5.41) is 2.94. The molecule has 106 valence electrons. The Hall–Kier alpha value is -2.33. The van der Waals surface area contributed by atoms with Gasteiger partial charge in [0.25, 0.3) is 5.91 Å². The summed E-state index contributed by atoms with van der Waals surface area (Å²) < 4.78 is 5.31. The number of ether oxygens (including phenoxy) is 1. The summed E-state index contributed by atoms with van der Waals surface area (Å²) in [5.41, 5.74) is 2.48. The van der Waals surface area contributed by atoms with Crippen molar-refractivity contribution in [1.29, 1.82) is 0 Å². The summed E-state index contributed by atoms with van der Waals surface area (Å²) in [6.07, 6.45) is 0. The van der Waals surface area contributed by atoms with Crippen LogP contribution in [0.5, 0.6) is 5.75 Å². The second kappa shape index (κ2) is 5.22. The Morgan fingerprint density at radius 2 is 1.95 bits per heavy atom. The predicted octanol–water partition coefficient (Wildman–Crippen LogP) is 3.21. The number of benzene rings is 2. The second-order valence-electron chi connectivity index (χ2n) is 4.86. The van der Waals surface area contributed by atoms with Crippen LogP contribution in [0.2, 0.25) is 5.02 Å². The van der Waals surface area contributed by atoms with Gasteiger partial charge >= 0.3 is 0 Å². The van der Waals surface area contributed by atoms with Crippen LogP contribution in [0, 0.1) is 6.92 Å². The molecule has 0 spiro atoms. The van der Waals surface area contributed by atoms with Crippen LogP contribution in [0.3, 0.4) is 0 Å². The highest BCUT2D eigenvalue weighted by atomic mass is 35.5. The lowest BCUT2D eigenvalue weighted by atomic mass is 10.0. The number of carbonyl (C=O) groups is 2. The van der Waals surface area contributed by atoms with Crippen molar-refractivity contribution in [3.8, 4) is 5.75 Å². The second-order valence-corrected chi connectivity index (χ2v) is 5.27. The molecule has 0 saturated carbocycles. The van der Waals surface area contributed by atoms with Gasteiger partial charge in [0.15, 0.2) is 12.4 Å². The van der Waals surface area contributed by atoms with Crippen LogP contribution in [0.25, 0.3) is 0 Å². The molecule has 0 unspecified atom stereocenters. The molecule has 0 atom stereocenters. The molecule has 1 heterocycles. The summed E-state index contributed by atoms with van der Waals surface area (Å²) in [4.78, 5) is 23.8. The van der Waals surface area contributed by atoms with Crippen LogP contribution in [0.15, 0.2) is 36.4 Å². The van der Waals surface area contributed by atoms with Crippen LogP contribution in [-0.4, -0.2) is 18.3 Å². The normalized spacial score (nSPS) is 13.1.